The summed E-state index contributed by atoms with van der Waals surface area (Å²) < 4.78 is 13.3. The van der Waals surface area contributed by atoms with Gasteiger partial charge < -0.3 is 20.1 Å². The van der Waals surface area contributed by atoms with Crippen LogP contribution in [0.3, 0.4) is 0 Å². The fourth-order valence-corrected chi connectivity index (χ4v) is 3.67. The zero-order valence-corrected chi connectivity index (χ0v) is 14.9. The SMILES string of the molecule is Cn1nccc1[C@@H]1OCC[C@H]1CNC(=O)Nc1ccc2c(c1)CCCO2. The zero-order chi connectivity index (χ0) is 17.9. The summed E-state index contributed by atoms with van der Waals surface area (Å²) in [5, 5.41) is 10.1. The van der Waals surface area contributed by atoms with Crippen LogP contribution in [0.5, 0.6) is 5.75 Å². The Morgan fingerprint density at radius 3 is 3.12 bits per heavy atom. The highest BCUT2D eigenvalue weighted by Gasteiger charge is 2.31. The number of amides is 2. The molecule has 2 aliphatic rings. The average Bonchev–Trinajstić information content (AvgIpc) is 3.28. The van der Waals surface area contributed by atoms with E-state index in [9.17, 15) is 4.79 Å². The van der Waals surface area contributed by atoms with Gasteiger partial charge in [-0.1, -0.05) is 0 Å². The highest BCUT2D eigenvalue weighted by atomic mass is 16.5. The summed E-state index contributed by atoms with van der Waals surface area (Å²) >= 11 is 0. The smallest absolute Gasteiger partial charge is 0.319 e. The van der Waals surface area contributed by atoms with E-state index in [1.807, 2.05) is 36.0 Å². The molecule has 2 N–H and O–H groups in total. The van der Waals surface area contributed by atoms with Crippen molar-refractivity contribution in [3.8, 4) is 5.75 Å². The second-order valence-corrected chi connectivity index (χ2v) is 6.83. The van der Waals surface area contributed by atoms with E-state index in [2.05, 4.69) is 15.7 Å². The number of benzene rings is 1. The van der Waals surface area contributed by atoms with E-state index in [1.54, 1.807) is 6.20 Å². The molecule has 1 aromatic carbocycles. The first kappa shape index (κ1) is 16.9. The first-order valence-electron chi connectivity index (χ1n) is 9.11. The molecule has 4 rings (SSSR count). The number of nitrogens with one attached hydrogen (secondary N) is 2. The summed E-state index contributed by atoms with van der Waals surface area (Å²) in [5.41, 5.74) is 2.98. The summed E-state index contributed by atoms with van der Waals surface area (Å²) in [6.07, 6.45) is 4.67. The van der Waals surface area contributed by atoms with Gasteiger partial charge in [0.15, 0.2) is 0 Å². The molecule has 26 heavy (non-hydrogen) atoms. The lowest BCUT2D eigenvalue weighted by Gasteiger charge is -2.20. The third kappa shape index (κ3) is 3.53. The zero-order valence-electron chi connectivity index (χ0n) is 14.9. The number of rotatable bonds is 4. The van der Waals surface area contributed by atoms with Gasteiger partial charge in [-0.3, -0.25) is 4.68 Å². The molecule has 2 aromatic rings. The molecule has 1 saturated heterocycles. The van der Waals surface area contributed by atoms with Crippen molar-refractivity contribution >= 4 is 11.7 Å². The fraction of sp³-hybridized carbons (Fsp3) is 0.474. The molecule has 138 valence electrons. The lowest BCUT2D eigenvalue weighted by atomic mass is 9.99. The maximum absolute atomic E-state index is 12.3. The van der Waals surface area contributed by atoms with Crippen LogP contribution in [0.2, 0.25) is 0 Å². The Kier molecular flexibility index (Phi) is 4.79. The van der Waals surface area contributed by atoms with Gasteiger partial charge in [-0.2, -0.15) is 5.10 Å². The molecule has 0 aliphatic carbocycles. The number of aromatic nitrogens is 2. The van der Waals surface area contributed by atoms with Crippen molar-refractivity contribution in [3.63, 3.8) is 0 Å². The van der Waals surface area contributed by atoms with Crippen LogP contribution in [0.4, 0.5) is 10.5 Å². The standard InChI is InChI=1S/C19H24N4O3/c1-23-16(6-8-21-23)18-14(7-10-26-18)12-20-19(24)22-15-4-5-17-13(11-15)3-2-9-25-17/h4-6,8,11,14,18H,2-3,7,9-10,12H2,1H3,(H2,20,22,24)/t14-,18+/m0/s1. The first-order valence-corrected chi connectivity index (χ1v) is 9.11. The first-order chi connectivity index (χ1) is 12.7. The quantitative estimate of drug-likeness (QED) is 0.883. The number of ether oxygens (including phenoxy) is 2. The molecule has 0 radical (unpaired) electrons. The number of nitrogens with zero attached hydrogens (tertiary/aromatic N) is 2. The summed E-state index contributed by atoms with van der Waals surface area (Å²) in [6, 6.07) is 7.56. The topological polar surface area (TPSA) is 77.4 Å². The molecular formula is C19H24N4O3. The van der Waals surface area contributed by atoms with E-state index in [0.717, 1.165) is 48.6 Å². The highest BCUT2D eigenvalue weighted by molar-refractivity contribution is 5.89. The second-order valence-electron chi connectivity index (χ2n) is 6.83. The van der Waals surface area contributed by atoms with Gasteiger partial charge >= 0.3 is 6.03 Å². The van der Waals surface area contributed by atoms with Crippen molar-refractivity contribution in [1.29, 1.82) is 0 Å². The van der Waals surface area contributed by atoms with Crippen molar-refractivity contribution in [2.45, 2.75) is 25.4 Å². The number of carbonyl (C=O) groups excluding carboxylic acids is 1. The predicted molar refractivity (Wildman–Crippen MR) is 97.3 cm³/mol. The van der Waals surface area contributed by atoms with Crippen molar-refractivity contribution < 1.29 is 14.3 Å². The number of hydrogen-bond donors (Lipinski definition) is 2. The van der Waals surface area contributed by atoms with Crippen LogP contribution in [-0.2, 0) is 18.2 Å². The van der Waals surface area contributed by atoms with Gasteiger partial charge in [0.25, 0.3) is 0 Å². The van der Waals surface area contributed by atoms with Gasteiger partial charge in [0.1, 0.15) is 11.9 Å². The Bertz CT molecular complexity index is 789. The van der Waals surface area contributed by atoms with Gasteiger partial charge in [0.05, 0.1) is 12.3 Å². The molecular weight excluding hydrogens is 332 g/mol. The van der Waals surface area contributed by atoms with Gasteiger partial charge in [-0.05, 0) is 49.1 Å². The minimum Gasteiger partial charge on any atom is -0.493 e. The van der Waals surface area contributed by atoms with E-state index < -0.39 is 0 Å². The lowest BCUT2D eigenvalue weighted by molar-refractivity contribution is 0.0845. The number of aryl methyl sites for hydroxylation is 2. The molecule has 2 atom stereocenters. The van der Waals surface area contributed by atoms with Gasteiger partial charge in [0, 0.05) is 38.0 Å². The molecule has 7 heteroatoms. The Labute approximate surface area is 152 Å². The van der Waals surface area contributed by atoms with Crippen LogP contribution in [0.25, 0.3) is 0 Å². The molecule has 3 heterocycles. The highest BCUT2D eigenvalue weighted by Crippen LogP contribution is 2.33. The van der Waals surface area contributed by atoms with E-state index in [-0.39, 0.29) is 18.1 Å². The monoisotopic (exact) mass is 356 g/mol. The minimum absolute atomic E-state index is 0.0244. The van der Waals surface area contributed by atoms with Crippen molar-refractivity contribution in [2.75, 3.05) is 25.1 Å². The van der Waals surface area contributed by atoms with Gasteiger partial charge in [-0.15, -0.1) is 0 Å². The van der Waals surface area contributed by atoms with E-state index >= 15 is 0 Å². The van der Waals surface area contributed by atoms with Crippen molar-refractivity contribution in [3.05, 3.63) is 41.7 Å². The molecule has 0 unspecified atom stereocenters. The summed E-state index contributed by atoms with van der Waals surface area (Å²) in [4.78, 5) is 12.3. The summed E-state index contributed by atoms with van der Waals surface area (Å²) in [5.74, 6) is 1.16. The maximum Gasteiger partial charge on any atom is 0.319 e. The number of hydrogen-bond acceptors (Lipinski definition) is 4. The Balaban J connectivity index is 1.33. The third-order valence-electron chi connectivity index (χ3n) is 5.06. The molecule has 1 aromatic heterocycles. The Morgan fingerprint density at radius 1 is 1.35 bits per heavy atom. The lowest BCUT2D eigenvalue weighted by Crippen LogP contribution is -2.34. The molecule has 2 aliphatic heterocycles. The third-order valence-corrected chi connectivity index (χ3v) is 5.06. The van der Waals surface area contributed by atoms with Crippen LogP contribution in [0.1, 0.15) is 30.2 Å². The molecule has 7 nitrogen and oxygen atoms in total. The van der Waals surface area contributed by atoms with Crippen LogP contribution >= 0.6 is 0 Å². The fourth-order valence-electron chi connectivity index (χ4n) is 3.67. The number of fused-ring (bicyclic) bond motifs is 1. The molecule has 0 spiro atoms. The predicted octanol–water partition coefficient (Wildman–Crippen LogP) is 2.64. The van der Waals surface area contributed by atoms with E-state index in [4.69, 9.17) is 9.47 Å². The second kappa shape index (κ2) is 7.37. The Hall–Kier alpha value is -2.54. The average molecular weight is 356 g/mol. The minimum atomic E-state index is -0.197. The van der Waals surface area contributed by atoms with Crippen LogP contribution in [-0.4, -0.2) is 35.6 Å². The molecule has 2 amide bonds. The maximum atomic E-state index is 12.3. The largest absolute Gasteiger partial charge is 0.493 e. The van der Waals surface area contributed by atoms with E-state index in [1.165, 1.54) is 0 Å². The van der Waals surface area contributed by atoms with Gasteiger partial charge in [-0.25, -0.2) is 4.79 Å². The van der Waals surface area contributed by atoms with Crippen molar-refractivity contribution in [1.82, 2.24) is 15.1 Å². The number of anilines is 1. The molecule has 0 bridgehead atoms. The van der Waals surface area contributed by atoms with Crippen LogP contribution in [0, 0.1) is 5.92 Å². The van der Waals surface area contributed by atoms with Crippen molar-refractivity contribution in [2.24, 2.45) is 13.0 Å². The summed E-state index contributed by atoms with van der Waals surface area (Å²) in [6.45, 7) is 2.03. The van der Waals surface area contributed by atoms with E-state index in [0.29, 0.717) is 13.2 Å². The number of carbonyl (C=O) groups is 1. The molecule has 1 fully saturated rings. The van der Waals surface area contributed by atoms with Gasteiger partial charge in [0.2, 0.25) is 0 Å². The van der Waals surface area contributed by atoms with Crippen LogP contribution in [0.15, 0.2) is 30.5 Å². The molecule has 0 saturated carbocycles. The van der Waals surface area contributed by atoms with Crippen LogP contribution < -0.4 is 15.4 Å². The summed E-state index contributed by atoms with van der Waals surface area (Å²) in [7, 11) is 1.91. The Morgan fingerprint density at radius 2 is 2.27 bits per heavy atom. The number of urea groups is 1. The normalized spacial score (nSPS) is 21.7.